The van der Waals surface area contributed by atoms with Crippen LogP contribution in [0.5, 0.6) is 0 Å². The van der Waals surface area contributed by atoms with Crippen LogP contribution in [0.2, 0.25) is 0 Å². The molecule has 0 aliphatic carbocycles. The average molecular weight is 190 g/mol. The Morgan fingerprint density at radius 1 is 1.57 bits per heavy atom. The van der Waals surface area contributed by atoms with Crippen molar-refractivity contribution in [2.45, 2.75) is 40.2 Å². The molecule has 0 bridgehead atoms. The average Bonchev–Trinajstić information content (AvgIpc) is 2.15. The molecule has 0 radical (unpaired) electrons. The van der Waals surface area contributed by atoms with Crippen molar-refractivity contribution >= 4 is 5.71 Å². The summed E-state index contributed by atoms with van der Waals surface area (Å²) in [6.45, 7) is 8.52. The first-order valence-corrected chi connectivity index (χ1v) is 5.01. The third-order valence-corrected chi connectivity index (χ3v) is 2.32. The summed E-state index contributed by atoms with van der Waals surface area (Å²) < 4.78 is 0. The Kier molecular flexibility index (Phi) is 3.00. The Balaban J connectivity index is 2.91. The number of rotatable bonds is 1. The topological polar surface area (TPSA) is 15.6 Å². The normalized spacial score (nSPS) is 21.8. The standard InChI is InChI=1S/C12H18N2/c1-6-10-8-9-11(12(3,4)5)13-14(10)7-2/h2,8-10H,6H2,1,3-5H3. The monoisotopic (exact) mass is 190 g/mol. The highest BCUT2D eigenvalue weighted by atomic mass is 15.5. The Morgan fingerprint density at radius 3 is 2.64 bits per heavy atom. The largest absolute Gasteiger partial charge is 0.216 e. The maximum atomic E-state index is 5.41. The molecular formula is C12H18N2. The second-order valence-corrected chi connectivity index (χ2v) is 4.54. The number of terminal acetylenes is 1. The van der Waals surface area contributed by atoms with Gasteiger partial charge in [0.25, 0.3) is 0 Å². The third kappa shape index (κ3) is 2.17. The van der Waals surface area contributed by atoms with E-state index >= 15 is 0 Å². The lowest BCUT2D eigenvalue weighted by atomic mass is 9.89. The van der Waals surface area contributed by atoms with Crippen LogP contribution in [-0.2, 0) is 0 Å². The van der Waals surface area contributed by atoms with E-state index < -0.39 is 0 Å². The molecule has 1 atom stereocenters. The van der Waals surface area contributed by atoms with Crippen LogP contribution in [0.25, 0.3) is 0 Å². The van der Waals surface area contributed by atoms with Gasteiger partial charge in [-0.25, -0.2) is 5.01 Å². The quantitative estimate of drug-likeness (QED) is 0.580. The molecule has 2 nitrogen and oxygen atoms in total. The zero-order valence-electron chi connectivity index (χ0n) is 9.41. The molecule has 0 N–H and O–H groups in total. The van der Waals surface area contributed by atoms with Crippen LogP contribution in [0, 0.1) is 17.9 Å². The Labute approximate surface area is 86.7 Å². The molecule has 0 aromatic carbocycles. The first kappa shape index (κ1) is 10.8. The van der Waals surface area contributed by atoms with Gasteiger partial charge in [0.15, 0.2) is 0 Å². The maximum Gasteiger partial charge on any atom is 0.0794 e. The van der Waals surface area contributed by atoms with Crippen molar-refractivity contribution in [1.29, 1.82) is 0 Å². The molecule has 76 valence electrons. The zero-order chi connectivity index (χ0) is 10.8. The van der Waals surface area contributed by atoms with E-state index in [1.165, 1.54) is 0 Å². The summed E-state index contributed by atoms with van der Waals surface area (Å²) in [5.74, 6) is 0. The third-order valence-electron chi connectivity index (χ3n) is 2.32. The minimum absolute atomic E-state index is 0.0598. The molecular weight excluding hydrogens is 172 g/mol. The van der Waals surface area contributed by atoms with Crippen LogP contribution < -0.4 is 0 Å². The molecule has 0 saturated carbocycles. The highest BCUT2D eigenvalue weighted by Gasteiger charge is 2.23. The number of nitrogens with zero attached hydrogens (tertiary/aromatic N) is 2. The summed E-state index contributed by atoms with van der Waals surface area (Å²) in [7, 11) is 0. The molecule has 1 aliphatic rings. The Hall–Kier alpha value is -1.23. The number of hydrogen-bond acceptors (Lipinski definition) is 2. The van der Waals surface area contributed by atoms with E-state index in [2.05, 4.69) is 51.0 Å². The van der Waals surface area contributed by atoms with E-state index in [9.17, 15) is 0 Å². The fourth-order valence-corrected chi connectivity index (χ4v) is 1.34. The molecule has 1 aliphatic heterocycles. The SMILES string of the molecule is C#CN1N=C(C(C)(C)C)C=CC1CC. The maximum absolute atomic E-state index is 5.41. The predicted octanol–water partition coefficient (Wildman–Crippen LogP) is 2.63. The molecule has 14 heavy (non-hydrogen) atoms. The summed E-state index contributed by atoms with van der Waals surface area (Å²) in [5, 5.41) is 6.16. The van der Waals surface area contributed by atoms with Crippen LogP contribution in [0.4, 0.5) is 0 Å². The number of allylic oxidation sites excluding steroid dienone is 1. The predicted molar refractivity (Wildman–Crippen MR) is 60.8 cm³/mol. The second kappa shape index (κ2) is 3.88. The molecule has 0 aromatic rings. The van der Waals surface area contributed by atoms with Crippen LogP contribution in [0.15, 0.2) is 17.3 Å². The molecule has 0 saturated heterocycles. The van der Waals surface area contributed by atoms with Gasteiger partial charge in [-0.15, -0.1) is 0 Å². The van der Waals surface area contributed by atoms with Crippen molar-refractivity contribution in [2.75, 3.05) is 0 Å². The molecule has 0 amide bonds. The summed E-state index contributed by atoms with van der Waals surface area (Å²) in [5.41, 5.74) is 1.10. The fraction of sp³-hybridized carbons (Fsp3) is 0.583. The van der Waals surface area contributed by atoms with Crippen molar-refractivity contribution in [3.63, 3.8) is 0 Å². The molecule has 0 spiro atoms. The smallest absolute Gasteiger partial charge is 0.0794 e. The summed E-state index contributed by atoms with van der Waals surface area (Å²) in [4.78, 5) is 0. The number of hydrazone groups is 1. The van der Waals surface area contributed by atoms with Crippen molar-refractivity contribution in [1.82, 2.24) is 5.01 Å². The first-order valence-electron chi connectivity index (χ1n) is 5.01. The second-order valence-electron chi connectivity index (χ2n) is 4.54. The van der Waals surface area contributed by atoms with Crippen LogP contribution in [0.3, 0.4) is 0 Å². The lowest BCUT2D eigenvalue weighted by Crippen LogP contribution is -2.32. The summed E-state index contributed by atoms with van der Waals surface area (Å²) in [6, 6.07) is 2.86. The van der Waals surface area contributed by atoms with Gasteiger partial charge in [0.05, 0.1) is 11.8 Å². The van der Waals surface area contributed by atoms with Gasteiger partial charge >= 0.3 is 0 Å². The molecule has 2 heteroatoms. The van der Waals surface area contributed by atoms with Crippen LogP contribution in [0.1, 0.15) is 34.1 Å². The molecule has 0 fully saturated rings. The molecule has 1 unspecified atom stereocenters. The molecule has 0 aromatic heterocycles. The summed E-state index contributed by atoms with van der Waals surface area (Å²) in [6.07, 6.45) is 10.6. The van der Waals surface area contributed by atoms with E-state index in [-0.39, 0.29) is 11.5 Å². The van der Waals surface area contributed by atoms with Gasteiger partial charge in [-0.05, 0) is 12.5 Å². The highest BCUT2D eigenvalue weighted by Crippen LogP contribution is 2.22. The number of hydrogen-bond donors (Lipinski definition) is 0. The van der Waals surface area contributed by atoms with Gasteiger partial charge in [-0.3, -0.25) is 0 Å². The van der Waals surface area contributed by atoms with Crippen molar-refractivity contribution in [3.05, 3.63) is 12.2 Å². The van der Waals surface area contributed by atoms with Crippen molar-refractivity contribution in [3.8, 4) is 12.5 Å². The lowest BCUT2D eigenvalue weighted by molar-refractivity contribution is 0.338. The van der Waals surface area contributed by atoms with Crippen LogP contribution in [-0.4, -0.2) is 16.8 Å². The highest BCUT2D eigenvalue weighted by molar-refractivity contribution is 5.99. The fourth-order valence-electron chi connectivity index (χ4n) is 1.34. The van der Waals surface area contributed by atoms with Crippen LogP contribution >= 0.6 is 0 Å². The van der Waals surface area contributed by atoms with E-state index in [0.29, 0.717) is 0 Å². The van der Waals surface area contributed by atoms with Gasteiger partial charge in [-0.2, -0.15) is 5.10 Å². The van der Waals surface area contributed by atoms with Gasteiger partial charge < -0.3 is 0 Å². The van der Waals surface area contributed by atoms with Gasteiger partial charge in [0.2, 0.25) is 0 Å². The van der Waals surface area contributed by atoms with Crippen molar-refractivity contribution in [2.24, 2.45) is 10.5 Å². The van der Waals surface area contributed by atoms with E-state index in [4.69, 9.17) is 6.42 Å². The minimum Gasteiger partial charge on any atom is -0.216 e. The summed E-state index contributed by atoms with van der Waals surface area (Å²) >= 11 is 0. The zero-order valence-corrected chi connectivity index (χ0v) is 9.41. The van der Waals surface area contributed by atoms with E-state index in [0.717, 1.165) is 12.1 Å². The Morgan fingerprint density at radius 2 is 2.21 bits per heavy atom. The van der Waals surface area contributed by atoms with Gasteiger partial charge in [0, 0.05) is 11.5 Å². The van der Waals surface area contributed by atoms with Crippen molar-refractivity contribution < 1.29 is 0 Å². The molecule has 1 heterocycles. The molecule has 1 rings (SSSR count). The van der Waals surface area contributed by atoms with Gasteiger partial charge in [-0.1, -0.05) is 40.2 Å². The van der Waals surface area contributed by atoms with E-state index in [1.807, 2.05) is 0 Å². The van der Waals surface area contributed by atoms with E-state index in [1.54, 1.807) is 5.01 Å². The first-order chi connectivity index (χ1) is 6.49. The minimum atomic E-state index is 0.0598. The lowest BCUT2D eigenvalue weighted by Gasteiger charge is -2.28. The Bertz CT molecular complexity index is 299. The van der Waals surface area contributed by atoms with Gasteiger partial charge in [0.1, 0.15) is 0 Å².